The Morgan fingerprint density at radius 2 is 2.07 bits per heavy atom. The van der Waals surface area contributed by atoms with Crippen molar-refractivity contribution in [3.05, 3.63) is 28.2 Å². The highest BCUT2D eigenvalue weighted by molar-refractivity contribution is 9.10. The van der Waals surface area contributed by atoms with Crippen LogP contribution in [-0.2, 0) is 4.74 Å². The summed E-state index contributed by atoms with van der Waals surface area (Å²) in [6, 6.07) is 5.77. The Labute approximate surface area is 97.2 Å². The molecule has 0 N–H and O–H groups in total. The van der Waals surface area contributed by atoms with Crippen LogP contribution in [0.5, 0.6) is 0 Å². The monoisotopic (exact) mass is 269 g/mol. The Morgan fingerprint density at radius 1 is 1.33 bits per heavy atom. The van der Waals surface area contributed by atoms with Gasteiger partial charge in [0, 0.05) is 28.8 Å². The van der Waals surface area contributed by atoms with Gasteiger partial charge in [0.1, 0.15) is 0 Å². The van der Waals surface area contributed by atoms with Crippen molar-refractivity contribution in [3.63, 3.8) is 0 Å². The molecule has 0 saturated carbocycles. The zero-order valence-electron chi connectivity index (χ0n) is 8.28. The molecule has 1 aliphatic rings. The number of carbonyl (C=O) groups is 1. The van der Waals surface area contributed by atoms with Crippen LogP contribution in [0.2, 0.25) is 0 Å². The van der Waals surface area contributed by atoms with Crippen molar-refractivity contribution < 1.29 is 9.53 Å². The van der Waals surface area contributed by atoms with Crippen molar-refractivity contribution in [2.45, 2.75) is 0 Å². The number of nitrogens with zero attached hydrogens (tertiary/aromatic N) is 1. The maximum atomic E-state index is 10.9. The summed E-state index contributed by atoms with van der Waals surface area (Å²) in [6.07, 6.45) is 0.898. The summed E-state index contributed by atoms with van der Waals surface area (Å²) in [5.74, 6) is 0. The first-order valence-corrected chi connectivity index (χ1v) is 5.68. The van der Waals surface area contributed by atoms with Crippen LogP contribution in [0.15, 0.2) is 22.7 Å². The van der Waals surface area contributed by atoms with Crippen molar-refractivity contribution in [2.75, 3.05) is 31.2 Å². The molecule has 0 bridgehead atoms. The molecule has 4 heteroatoms. The molecule has 1 aromatic carbocycles. The molecule has 1 aromatic rings. The van der Waals surface area contributed by atoms with Crippen molar-refractivity contribution in [2.24, 2.45) is 0 Å². The zero-order chi connectivity index (χ0) is 10.7. The maximum absolute atomic E-state index is 10.9. The Hall–Kier alpha value is -0.870. The van der Waals surface area contributed by atoms with Gasteiger partial charge >= 0.3 is 0 Å². The average Bonchev–Trinajstić information content (AvgIpc) is 2.30. The van der Waals surface area contributed by atoms with Gasteiger partial charge in [0.25, 0.3) is 0 Å². The van der Waals surface area contributed by atoms with Crippen LogP contribution in [0.1, 0.15) is 10.4 Å². The standard InChI is InChI=1S/C11H12BrNO2/c12-10-1-2-11(9(7-10)8-14)13-3-5-15-6-4-13/h1-2,7-8H,3-6H2. The smallest absolute Gasteiger partial charge is 0.152 e. The van der Waals surface area contributed by atoms with E-state index in [2.05, 4.69) is 20.8 Å². The van der Waals surface area contributed by atoms with Gasteiger partial charge in [-0.2, -0.15) is 0 Å². The van der Waals surface area contributed by atoms with E-state index in [9.17, 15) is 4.79 Å². The summed E-state index contributed by atoms with van der Waals surface area (Å²) in [5.41, 5.74) is 1.72. The second-order valence-electron chi connectivity index (χ2n) is 3.42. The molecule has 1 fully saturated rings. The topological polar surface area (TPSA) is 29.5 Å². The molecule has 80 valence electrons. The molecule has 0 atom stereocenters. The number of hydrogen-bond donors (Lipinski definition) is 0. The lowest BCUT2D eigenvalue weighted by Crippen LogP contribution is -2.36. The van der Waals surface area contributed by atoms with Gasteiger partial charge in [-0.05, 0) is 18.2 Å². The molecule has 15 heavy (non-hydrogen) atoms. The molecular weight excluding hydrogens is 258 g/mol. The van der Waals surface area contributed by atoms with E-state index in [0.717, 1.165) is 48.3 Å². The van der Waals surface area contributed by atoms with Gasteiger partial charge in [-0.25, -0.2) is 0 Å². The van der Waals surface area contributed by atoms with Gasteiger partial charge in [0.2, 0.25) is 0 Å². The summed E-state index contributed by atoms with van der Waals surface area (Å²) in [7, 11) is 0. The van der Waals surface area contributed by atoms with E-state index in [-0.39, 0.29) is 0 Å². The number of rotatable bonds is 2. The molecule has 1 aliphatic heterocycles. The minimum atomic E-state index is 0.728. The van der Waals surface area contributed by atoms with Crippen molar-refractivity contribution in [1.29, 1.82) is 0 Å². The molecule has 0 radical (unpaired) electrons. The molecule has 1 saturated heterocycles. The van der Waals surface area contributed by atoms with E-state index < -0.39 is 0 Å². The second-order valence-corrected chi connectivity index (χ2v) is 4.34. The van der Waals surface area contributed by atoms with Crippen LogP contribution in [0, 0.1) is 0 Å². The number of carbonyl (C=O) groups excluding carboxylic acids is 1. The fraction of sp³-hybridized carbons (Fsp3) is 0.364. The van der Waals surface area contributed by atoms with Crippen molar-refractivity contribution in [1.82, 2.24) is 0 Å². The number of anilines is 1. The van der Waals surface area contributed by atoms with Crippen LogP contribution < -0.4 is 4.90 Å². The Kier molecular flexibility index (Phi) is 3.38. The van der Waals surface area contributed by atoms with Gasteiger partial charge in [-0.15, -0.1) is 0 Å². The van der Waals surface area contributed by atoms with Gasteiger partial charge in [0.05, 0.1) is 13.2 Å². The SMILES string of the molecule is O=Cc1cc(Br)ccc1N1CCOCC1. The Bertz CT molecular complexity index is 362. The third-order valence-electron chi connectivity index (χ3n) is 2.47. The molecule has 3 nitrogen and oxygen atoms in total. The highest BCUT2D eigenvalue weighted by Crippen LogP contribution is 2.23. The predicted octanol–water partition coefficient (Wildman–Crippen LogP) is 2.10. The van der Waals surface area contributed by atoms with E-state index in [1.54, 1.807) is 0 Å². The third-order valence-corrected chi connectivity index (χ3v) is 2.96. The minimum Gasteiger partial charge on any atom is -0.378 e. The summed E-state index contributed by atoms with van der Waals surface area (Å²) >= 11 is 3.36. The normalized spacial score (nSPS) is 16.5. The Balaban J connectivity index is 2.29. The molecular formula is C11H12BrNO2. The van der Waals surface area contributed by atoms with Gasteiger partial charge < -0.3 is 9.64 Å². The lowest BCUT2D eigenvalue weighted by atomic mass is 10.1. The first kappa shape index (κ1) is 10.6. The minimum absolute atomic E-state index is 0.728. The number of halogens is 1. The molecule has 0 unspecified atom stereocenters. The van der Waals surface area contributed by atoms with Crippen LogP contribution in [0.25, 0.3) is 0 Å². The molecule has 2 rings (SSSR count). The highest BCUT2D eigenvalue weighted by atomic mass is 79.9. The van der Waals surface area contributed by atoms with Gasteiger partial charge in [-0.1, -0.05) is 15.9 Å². The largest absolute Gasteiger partial charge is 0.378 e. The number of ether oxygens (including phenoxy) is 1. The number of hydrogen-bond acceptors (Lipinski definition) is 3. The number of benzene rings is 1. The second kappa shape index (κ2) is 4.77. The van der Waals surface area contributed by atoms with Gasteiger partial charge in [0.15, 0.2) is 6.29 Å². The van der Waals surface area contributed by atoms with Crippen molar-refractivity contribution >= 4 is 27.9 Å². The molecule has 0 aromatic heterocycles. The van der Waals surface area contributed by atoms with E-state index >= 15 is 0 Å². The molecule has 0 amide bonds. The third kappa shape index (κ3) is 2.38. The average molecular weight is 270 g/mol. The summed E-state index contributed by atoms with van der Waals surface area (Å²) in [5, 5.41) is 0. The maximum Gasteiger partial charge on any atom is 0.152 e. The molecule has 0 aliphatic carbocycles. The van der Waals surface area contributed by atoms with Crippen LogP contribution >= 0.6 is 15.9 Å². The van der Waals surface area contributed by atoms with Crippen LogP contribution in [0.4, 0.5) is 5.69 Å². The van der Waals surface area contributed by atoms with Crippen molar-refractivity contribution in [3.8, 4) is 0 Å². The highest BCUT2D eigenvalue weighted by Gasteiger charge is 2.14. The first-order valence-electron chi connectivity index (χ1n) is 4.88. The molecule has 1 heterocycles. The van der Waals surface area contributed by atoms with E-state index in [1.807, 2.05) is 18.2 Å². The van der Waals surface area contributed by atoms with Gasteiger partial charge in [-0.3, -0.25) is 4.79 Å². The quantitative estimate of drug-likeness (QED) is 0.771. The Morgan fingerprint density at radius 3 is 2.73 bits per heavy atom. The lowest BCUT2D eigenvalue weighted by molar-refractivity contribution is 0.111. The number of morpholine rings is 1. The lowest BCUT2D eigenvalue weighted by Gasteiger charge is -2.29. The van der Waals surface area contributed by atoms with E-state index in [4.69, 9.17) is 4.74 Å². The van der Waals surface area contributed by atoms with E-state index in [1.165, 1.54) is 0 Å². The number of aldehydes is 1. The van der Waals surface area contributed by atoms with E-state index in [0.29, 0.717) is 0 Å². The summed E-state index contributed by atoms with van der Waals surface area (Å²) in [6.45, 7) is 3.16. The fourth-order valence-electron chi connectivity index (χ4n) is 1.71. The predicted molar refractivity (Wildman–Crippen MR) is 62.6 cm³/mol. The van der Waals surface area contributed by atoms with Crippen LogP contribution in [-0.4, -0.2) is 32.6 Å². The summed E-state index contributed by atoms with van der Waals surface area (Å²) < 4.78 is 6.21. The first-order chi connectivity index (χ1) is 7.31. The summed E-state index contributed by atoms with van der Waals surface area (Å²) in [4.78, 5) is 13.1. The zero-order valence-corrected chi connectivity index (χ0v) is 9.87. The molecule has 0 spiro atoms. The fourth-order valence-corrected chi connectivity index (χ4v) is 2.09. The van der Waals surface area contributed by atoms with Crippen LogP contribution in [0.3, 0.4) is 0 Å².